The van der Waals surface area contributed by atoms with E-state index in [2.05, 4.69) is 372 Å². The minimum atomic E-state index is -2.30. The number of benzene rings is 2. The Hall–Kier alpha value is 1.51. The monoisotopic (exact) mass is 2320 g/mol. The van der Waals surface area contributed by atoms with Crippen molar-refractivity contribution in [2.45, 2.75) is 703 Å². The molecule has 2 saturated heterocycles. The molecule has 26 heteroatoms. The molecule has 0 radical (unpaired) electrons. The molecule has 4 unspecified atom stereocenters. The molecule has 2 aliphatic rings. The zero-order valence-electron chi connectivity index (χ0n) is 109. The third-order valence-electron chi connectivity index (χ3n) is 29.1. The summed E-state index contributed by atoms with van der Waals surface area (Å²) in [6.45, 7) is 111. The van der Waals surface area contributed by atoms with Gasteiger partial charge in [0.1, 0.15) is 0 Å². The molecular formula is C120H272O10Si16. The largest absolute Gasteiger partial charge is 0.455 e. The van der Waals surface area contributed by atoms with E-state index in [0.29, 0.717) is 0 Å². The van der Waals surface area contributed by atoms with E-state index in [9.17, 15) is 0 Å². The average Bonchev–Trinajstić information content (AvgIpc) is 0.766. The third-order valence-corrected chi connectivity index (χ3v) is 96.8. The number of hydrogen-bond donors (Lipinski definition) is 0. The Bertz CT molecular complexity index is 3120. The lowest BCUT2D eigenvalue weighted by molar-refractivity contribution is 0.218. The highest BCUT2D eigenvalue weighted by Crippen LogP contribution is 2.42. The van der Waals surface area contributed by atoms with Gasteiger partial charge in [-0.3, -0.25) is 0 Å². The van der Waals surface area contributed by atoms with E-state index in [4.69, 9.17) is 41.2 Å². The first kappa shape index (κ1) is 158. The van der Waals surface area contributed by atoms with E-state index < -0.39 is 134 Å². The molecule has 0 bridgehead atoms. The topological polar surface area (TPSA) is 92.3 Å². The van der Waals surface area contributed by atoms with E-state index >= 15 is 0 Å². The van der Waals surface area contributed by atoms with E-state index in [0.717, 1.165) is 74.0 Å². The molecule has 0 spiro atoms. The van der Waals surface area contributed by atoms with Crippen LogP contribution in [0.4, 0.5) is 0 Å². The summed E-state index contributed by atoms with van der Waals surface area (Å²) in [5.74, 6) is 0. The van der Waals surface area contributed by atoms with Crippen LogP contribution in [0.3, 0.4) is 0 Å². The first-order valence-corrected chi connectivity index (χ1v) is 109. The number of hydrogen-bond acceptors (Lipinski definition) is 10. The van der Waals surface area contributed by atoms with Crippen molar-refractivity contribution < 1.29 is 41.2 Å². The minimum absolute atomic E-state index is 1.03. The van der Waals surface area contributed by atoms with Crippen molar-refractivity contribution in [1.82, 2.24) is 0 Å². The fourth-order valence-corrected chi connectivity index (χ4v) is 97.3. The van der Waals surface area contributed by atoms with Crippen LogP contribution in [0, 0.1) is 0 Å². The summed E-state index contributed by atoms with van der Waals surface area (Å²) in [6.07, 6.45) is 57.6. The Morgan fingerprint density at radius 3 is 0.452 bits per heavy atom. The van der Waals surface area contributed by atoms with Crippen LogP contribution in [-0.2, 0) is 41.2 Å². The minimum Gasteiger partial charge on any atom is -0.455 e. The normalized spacial score (nSPS) is 21.5. The summed E-state index contributed by atoms with van der Waals surface area (Å²) in [4.78, 5) is 0. The summed E-state index contributed by atoms with van der Waals surface area (Å²) in [6, 6.07) is 39.0. The average molecular weight is 2320 g/mol. The zero-order chi connectivity index (χ0) is 113. The summed E-state index contributed by atoms with van der Waals surface area (Å²) in [5.41, 5.74) is 0. The van der Waals surface area contributed by atoms with Crippen molar-refractivity contribution in [3.8, 4) is 0 Å². The Labute approximate surface area is 939 Å². The molecule has 2 aromatic rings. The molecule has 2 fully saturated rings. The van der Waals surface area contributed by atoms with Gasteiger partial charge in [0.15, 0.2) is 33.3 Å². The molecule has 0 aromatic heterocycles. The molecule has 2 aliphatic heterocycles. The molecule has 4 atom stereocenters. The van der Waals surface area contributed by atoms with Gasteiger partial charge in [-0.05, 0) is 177 Å². The first-order valence-electron chi connectivity index (χ1n) is 63.4. The van der Waals surface area contributed by atoms with Crippen molar-refractivity contribution in [2.24, 2.45) is 0 Å². The Kier molecular flexibility index (Phi) is 95.6. The molecule has 0 amide bonds. The molecular weight excluding hydrogens is 2050 g/mol. The van der Waals surface area contributed by atoms with E-state index in [1.54, 1.807) is 20.7 Å². The Balaban J connectivity index is -0.000000387. The van der Waals surface area contributed by atoms with Gasteiger partial charge in [0.05, 0.1) is 32.3 Å². The lowest BCUT2D eigenvalue weighted by atomic mass is 10.1. The number of unbranched alkanes of at least 4 members (excludes halogenated alkanes) is 24. The van der Waals surface area contributed by atoms with Crippen LogP contribution in [0.1, 0.15) is 449 Å². The van der Waals surface area contributed by atoms with Gasteiger partial charge in [-0.25, -0.2) is 0 Å². The van der Waals surface area contributed by atoms with E-state index in [-0.39, 0.29) is 0 Å². The standard InChI is InChI=1S/C19H46O4Si4.C18H34Si2.C17H42O4Si4.C17H32Si2.C12H30OSi2.C11H28OSi2.C8H18.C7H16.C6H14.C5H12/c1-9-13-17-25(6)20-24(5,16-12-4)21-26(7,18-14-10-2)23-27(8,22-25)19-15-11-3;1-7-9-15-19(3,4)17-11-13-18(14-12-17)20(5,6)16-10-8-2;1-9-13-17-25(8)20-23(6,15-11-3)18-22(5,14-10-2)19-24(7,21-25)16-12-4;1-7-9-15-19(5,6)17-12-10-16(11-13-17)18(3,4)14-8-2;1-7-9-11-14(3,4)13-15(5,6)12-10-8-2;1-7-9-11-14(5,6)12-13(3,4)10-8-2;1-3-5-7-8-6-4-2;1-3-5-7-6-4-2;1-3-5-6-4-2;1-3-5-4-2/h9-19H2,1-8H3;11-14H,7-10,15-16H2,1-6H3;9-17H2,1-8H3;10-13H,7-9,14-15H2,1-6H3;7-12H2,1-6H3;7-11H2,1-6H3;3-8H2,1-2H3;3-7H2,1-2H3;3-6H2,1-2H3;3-5H2,1-2H3. The fraction of sp³-hybridized carbons (Fsp3) is 0.900. The van der Waals surface area contributed by atoms with E-state index in [1.807, 2.05) is 0 Å². The highest BCUT2D eigenvalue weighted by Gasteiger charge is 2.58. The van der Waals surface area contributed by atoms with Crippen molar-refractivity contribution in [1.29, 1.82) is 0 Å². The predicted octanol–water partition coefficient (Wildman–Crippen LogP) is 44.2. The fourth-order valence-electron chi connectivity index (χ4n) is 20.7. The second-order valence-electron chi connectivity index (χ2n) is 50.9. The van der Waals surface area contributed by atoms with E-state index in [1.165, 1.54) is 305 Å². The van der Waals surface area contributed by atoms with Gasteiger partial charge in [0, 0.05) is 0 Å². The molecule has 4 rings (SSSR count). The van der Waals surface area contributed by atoms with Crippen LogP contribution in [-0.4, -0.2) is 134 Å². The maximum Gasteiger partial charge on any atom is 0.317 e. The molecule has 0 saturated carbocycles. The first-order chi connectivity index (χ1) is 68.1. The van der Waals surface area contributed by atoms with Crippen molar-refractivity contribution >= 4 is 155 Å². The lowest BCUT2D eigenvalue weighted by Crippen LogP contribution is -2.67. The van der Waals surface area contributed by atoms with Gasteiger partial charge in [-0.2, -0.15) is 0 Å². The van der Waals surface area contributed by atoms with Crippen molar-refractivity contribution in [3.05, 3.63) is 48.5 Å². The quantitative estimate of drug-likeness (QED) is 0.0471. The lowest BCUT2D eigenvalue weighted by Gasteiger charge is -2.50. The summed E-state index contributed by atoms with van der Waals surface area (Å²) < 4.78 is 68.5. The molecule has 0 aliphatic carbocycles. The summed E-state index contributed by atoms with van der Waals surface area (Å²) >= 11 is 0. The van der Waals surface area contributed by atoms with Gasteiger partial charge in [0.25, 0.3) is 0 Å². The highest BCUT2D eigenvalue weighted by atomic mass is 28.5. The number of rotatable bonds is 64. The maximum atomic E-state index is 7.01. The molecule has 0 N–H and O–H groups in total. The van der Waals surface area contributed by atoms with Crippen LogP contribution in [0.2, 0.25) is 254 Å². The second-order valence-corrected chi connectivity index (χ2v) is 117. The van der Waals surface area contributed by atoms with Crippen LogP contribution >= 0.6 is 0 Å². The van der Waals surface area contributed by atoms with Crippen molar-refractivity contribution in [2.75, 3.05) is 0 Å². The SMILES string of the molecule is CCCCC.CCCCCC.CCCCCCC.CCCCCCCC.CCCC[Si](C)(C)O[Si](C)(C)CCC.CCCC[Si](C)(C)O[Si](C)(C)CCCC.CCCC[Si](C)(C)c1ccc([Si](C)(C)CCC)cc1.CCCC[Si](C)(C)c1ccc([Si](C)(C)CCCC)cc1.CCCC[Si]1(C)O[Si](C)(CCC)O[Si](C)(CCC)O[Si](C)(CCC)O1.CCCC[Si]1(C)O[Si](C)(CCC)O[Si](C)(CCCC)O[Si](C)(CCCC)O1. The van der Waals surface area contributed by atoms with Crippen LogP contribution in [0.15, 0.2) is 48.5 Å². The third kappa shape index (κ3) is 81.1. The Morgan fingerprint density at radius 2 is 0.295 bits per heavy atom. The van der Waals surface area contributed by atoms with Crippen LogP contribution in [0.25, 0.3) is 0 Å². The van der Waals surface area contributed by atoms with Crippen molar-refractivity contribution in [3.63, 3.8) is 0 Å². The van der Waals surface area contributed by atoms with Gasteiger partial charge >= 0.3 is 68.5 Å². The predicted molar refractivity (Wildman–Crippen MR) is 711 cm³/mol. The molecule has 2 heterocycles. The van der Waals surface area contributed by atoms with Crippen LogP contribution in [0.5, 0.6) is 0 Å². The van der Waals surface area contributed by atoms with Crippen LogP contribution < -0.4 is 20.7 Å². The Morgan fingerprint density at radius 1 is 0.151 bits per heavy atom. The van der Waals surface area contributed by atoms with Gasteiger partial charge < -0.3 is 41.2 Å². The second kappa shape index (κ2) is 88.2. The zero-order valence-corrected chi connectivity index (χ0v) is 125. The molecule has 2 aromatic carbocycles. The van der Waals surface area contributed by atoms with Gasteiger partial charge in [-0.15, -0.1) is 0 Å². The summed E-state index contributed by atoms with van der Waals surface area (Å²) in [7, 11) is -28.4. The highest BCUT2D eigenvalue weighted by molar-refractivity contribution is 6.96. The summed E-state index contributed by atoms with van der Waals surface area (Å²) in [5, 5.41) is 6.58. The van der Waals surface area contributed by atoms with Gasteiger partial charge in [0.2, 0.25) is 0 Å². The molecule has 10 nitrogen and oxygen atoms in total. The maximum absolute atomic E-state index is 7.01. The smallest absolute Gasteiger partial charge is 0.317 e. The molecule has 876 valence electrons. The van der Waals surface area contributed by atoms with Gasteiger partial charge in [-0.1, -0.05) is 595 Å². The molecule has 146 heavy (non-hydrogen) atoms.